The summed E-state index contributed by atoms with van der Waals surface area (Å²) in [6.45, 7) is 20.2. The van der Waals surface area contributed by atoms with E-state index in [4.69, 9.17) is 4.74 Å². The number of carbonyl (C=O) groups excluding carboxylic acids is 9. The van der Waals surface area contributed by atoms with E-state index in [0.29, 0.717) is 55.7 Å². The smallest absolute Gasteiger partial charge is 0.255 e. The summed E-state index contributed by atoms with van der Waals surface area (Å²) in [5, 5.41) is 39.9. The highest BCUT2D eigenvalue weighted by molar-refractivity contribution is 7.13. The maximum atomic E-state index is 13.8. The lowest BCUT2D eigenvalue weighted by Gasteiger charge is -2.39. The van der Waals surface area contributed by atoms with Gasteiger partial charge < -0.3 is 65.4 Å². The lowest BCUT2D eigenvalue weighted by Crippen LogP contribution is -2.57. The standard InChI is InChI=1S/C30H37N3O5.C28H33N3O4.C25H34N4O4S/c1-19(2)27(33-17-23-5-3-4-6-25(23)29(33)36)30(37)32-18-24(34)15-26(32)28(35)31-16-20-7-9-21(10-8-20)22-11-13-38-14-12-22;1-17(2)25(31-15-21-5-3-4-6-23(21)27(31)34)28(35)30-16-22(32)13-24(30)26(33)29-14-18-7-9-19(10-8-18)20-11-12-20;1-15-21(34-14-27-15)18-9-7-17(8-10-18)12-26-23(32)20-11-19(31)13-29(20)24(33)22(25(3,4)5)28(6)16(2)30/h3-10,19,22,24,26-27,34H,11-18H2,1-2H3,(H,31,35);3-10,17,20,22,24-25,32H,11-16H2,1-2H3,(H,29,33);7-10,14,19-20,22,31H,11-13H2,1-6H3,(H,26,32)/t24-,26+,27+;22-,24+,25+;19-,20+,22-/m111/s1. The van der Waals surface area contributed by atoms with Gasteiger partial charge in [-0.15, -0.1) is 11.3 Å². The largest absolute Gasteiger partial charge is 0.391 e. The van der Waals surface area contributed by atoms with Gasteiger partial charge in [0.2, 0.25) is 41.4 Å². The van der Waals surface area contributed by atoms with Gasteiger partial charge in [0.05, 0.1) is 34.4 Å². The molecule has 9 amide bonds. The second kappa shape index (κ2) is 34.4. The molecule has 1 aliphatic carbocycles. The number of carbonyl (C=O) groups is 9. The van der Waals surface area contributed by atoms with Gasteiger partial charge >= 0.3 is 0 Å². The third kappa shape index (κ3) is 18.5. The fourth-order valence-electron chi connectivity index (χ4n) is 15.8. The molecular formula is C83H104N10O13S. The first-order valence-corrected chi connectivity index (χ1v) is 38.5. The topological polar surface area (TPSA) is 292 Å². The van der Waals surface area contributed by atoms with Crippen LogP contribution in [0.4, 0.5) is 0 Å². The Hall–Kier alpha value is -9.20. The number of hydrogen-bond donors (Lipinski definition) is 6. The minimum absolute atomic E-state index is 0.0676. The first-order valence-electron chi connectivity index (χ1n) is 37.6. The van der Waals surface area contributed by atoms with Crippen molar-refractivity contribution in [1.82, 2.24) is 50.3 Å². The highest BCUT2D eigenvalue weighted by Crippen LogP contribution is 2.40. The number of ether oxygens (including phenoxy) is 1. The number of nitrogens with zero attached hydrogens (tertiary/aromatic N) is 7. The van der Waals surface area contributed by atoms with Crippen LogP contribution in [0.15, 0.2) is 127 Å². The second-order valence-corrected chi connectivity index (χ2v) is 32.3. The molecule has 0 unspecified atom stereocenters. The van der Waals surface area contributed by atoms with Crippen molar-refractivity contribution in [3.8, 4) is 10.4 Å². The van der Waals surface area contributed by atoms with Crippen molar-refractivity contribution >= 4 is 64.5 Å². The fraction of sp³-hybridized carbons (Fsp3) is 0.494. The van der Waals surface area contributed by atoms with E-state index >= 15 is 0 Å². The Balaban J connectivity index is 0.000000160. The summed E-state index contributed by atoms with van der Waals surface area (Å²) in [6, 6.07) is 34.8. The summed E-state index contributed by atoms with van der Waals surface area (Å²) in [6.07, 6.45) is 2.74. The number of β-amino-alcohol motifs (C(OH)–C–C–N with tert-alkyl or cyclic N) is 3. The molecule has 23 nitrogen and oxygen atoms in total. The van der Waals surface area contributed by atoms with Gasteiger partial charge in [-0.25, -0.2) is 4.98 Å². The maximum Gasteiger partial charge on any atom is 0.255 e. The molecule has 13 rings (SSSR count). The lowest BCUT2D eigenvalue weighted by atomic mass is 9.84. The van der Waals surface area contributed by atoms with Crippen LogP contribution in [0.5, 0.6) is 0 Å². The van der Waals surface area contributed by atoms with Crippen LogP contribution in [0.2, 0.25) is 0 Å². The molecule has 0 bridgehead atoms. The SMILES string of the molecule is CC(=O)N(C)[C@H](C(=O)N1C[C@H](O)C[C@H]1C(=O)NCc1ccc(-c2scnc2C)cc1)C(C)(C)C.CC(C)[C@@H](C(=O)N1C[C@H](O)C[C@H]1C(=O)NCc1ccc(C2CC2)cc1)N1Cc2ccccc2C1=O.CC(C)[C@@H](C(=O)N1C[C@H](O)C[C@H]1C(=O)NCc1ccc(C2CCOCC2)cc1)N1Cc2ccccc2C1=O. The van der Waals surface area contributed by atoms with Crippen molar-refractivity contribution in [2.24, 2.45) is 17.3 Å². The normalized spacial score (nSPS) is 21.4. The minimum Gasteiger partial charge on any atom is -0.391 e. The van der Waals surface area contributed by atoms with E-state index in [1.165, 1.54) is 50.5 Å². The van der Waals surface area contributed by atoms with Crippen LogP contribution in [0.3, 0.4) is 0 Å². The van der Waals surface area contributed by atoms with Gasteiger partial charge in [-0.05, 0) is 118 Å². The van der Waals surface area contributed by atoms with Gasteiger partial charge in [-0.3, -0.25) is 43.2 Å². The van der Waals surface area contributed by atoms with E-state index in [2.05, 4.69) is 45.2 Å². The molecule has 6 aromatic rings. The monoisotopic (exact) mass is 1480 g/mol. The van der Waals surface area contributed by atoms with E-state index in [1.54, 1.807) is 40.3 Å². The highest BCUT2D eigenvalue weighted by Gasteiger charge is 2.49. The first-order chi connectivity index (χ1) is 51.1. The molecule has 5 aromatic carbocycles. The number of aliphatic hydroxyl groups excluding tert-OH is 3. The Labute approximate surface area is 631 Å². The number of fused-ring (bicyclic) bond motifs is 2. The number of hydrogen-bond acceptors (Lipinski definition) is 15. The number of likely N-dealkylation sites (tertiary alicyclic amines) is 3. The Bertz CT molecular complexity index is 4190. The molecule has 7 heterocycles. The molecule has 4 saturated heterocycles. The molecule has 107 heavy (non-hydrogen) atoms. The van der Waals surface area contributed by atoms with E-state index in [9.17, 15) is 58.5 Å². The Morgan fingerprint density at radius 2 is 0.925 bits per heavy atom. The number of aliphatic hydroxyl groups is 3. The Morgan fingerprint density at radius 1 is 0.551 bits per heavy atom. The molecule has 7 aliphatic rings. The zero-order valence-corrected chi connectivity index (χ0v) is 63.9. The third-order valence-corrected chi connectivity index (χ3v) is 22.7. The van der Waals surface area contributed by atoms with E-state index in [0.717, 1.165) is 70.0 Å². The Kier molecular flexibility index (Phi) is 25.3. The number of likely N-dealkylation sites (N-methyl/N-ethyl adjacent to an activating group) is 1. The molecule has 9 atom stereocenters. The molecular weight excluding hydrogens is 1380 g/mol. The van der Waals surface area contributed by atoms with Gasteiger partial charge in [-0.2, -0.15) is 0 Å². The summed E-state index contributed by atoms with van der Waals surface area (Å²) in [7, 11) is 1.59. The Morgan fingerprint density at radius 3 is 1.27 bits per heavy atom. The van der Waals surface area contributed by atoms with Gasteiger partial charge in [0.1, 0.15) is 36.3 Å². The van der Waals surface area contributed by atoms with E-state index in [1.807, 2.05) is 146 Å². The van der Waals surface area contributed by atoms with Crippen LogP contribution in [-0.2, 0) is 71.0 Å². The zero-order valence-electron chi connectivity index (χ0n) is 63.1. The predicted molar refractivity (Wildman–Crippen MR) is 405 cm³/mol. The van der Waals surface area contributed by atoms with Crippen molar-refractivity contribution in [3.05, 3.63) is 183 Å². The van der Waals surface area contributed by atoms with Gasteiger partial charge in [0.25, 0.3) is 11.8 Å². The van der Waals surface area contributed by atoms with Crippen LogP contribution in [0, 0.1) is 24.2 Å². The maximum absolute atomic E-state index is 13.8. The molecule has 570 valence electrons. The summed E-state index contributed by atoms with van der Waals surface area (Å²) in [5.74, 6) is -1.46. The predicted octanol–water partition coefficient (Wildman–Crippen LogP) is 8.25. The van der Waals surface area contributed by atoms with Gasteiger partial charge in [0, 0.05) is 110 Å². The fourth-order valence-corrected chi connectivity index (χ4v) is 16.6. The van der Waals surface area contributed by atoms with Crippen molar-refractivity contribution in [2.75, 3.05) is 39.9 Å². The number of nitrogens with one attached hydrogen (secondary N) is 3. The second-order valence-electron chi connectivity index (χ2n) is 31.4. The number of benzene rings is 5. The van der Waals surface area contributed by atoms with E-state index < -0.39 is 60.0 Å². The van der Waals surface area contributed by atoms with Gasteiger partial charge in [-0.1, -0.05) is 158 Å². The molecule has 5 fully saturated rings. The lowest BCUT2D eigenvalue weighted by molar-refractivity contribution is -0.150. The van der Waals surface area contributed by atoms with Crippen LogP contribution >= 0.6 is 11.3 Å². The number of amides is 9. The van der Waals surface area contributed by atoms with Crippen molar-refractivity contribution in [3.63, 3.8) is 0 Å². The molecule has 1 saturated carbocycles. The van der Waals surface area contributed by atoms with Crippen LogP contribution in [0.1, 0.15) is 178 Å². The summed E-state index contributed by atoms with van der Waals surface area (Å²) >= 11 is 1.59. The zero-order chi connectivity index (χ0) is 76.7. The summed E-state index contributed by atoms with van der Waals surface area (Å²) in [5.41, 5.74) is 11.9. The van der Waals surface area contributed by atoms with Crippen LogP contribution < -0.4 is 16.0 Å². The summed E-state index contributed by atoms with van der Waals surface area (Å²) < 4.78 is 5.46. The highest BCUT2D eigenvalue weighted by atomic mass is 32.1. The van der Waals surface area contributed by atoms with Gasteiger partial charge in [0.15, 0.2) is 0 Å². The van der Waals surface area contributed by atoms with Crippen molar-refractivity contribution in [1.29, 1.82) is 0 Å². The minimum atomic E-state index is -0.787. The van der Waals surface area contributed by atoms with Crippen molar-refractivity contribution in [2.45, 2.75) is 206 Å². The molecule has 1 aromatic heterocycles. The number of thiazole rings is 1. The number of aromatic nitrogens is 1. The van der Waals surface area contributed by atoms with Crippen LogP contribution in [0.25, 0.3) is 10.4 Å². The number of rotatable bonds is 20. The van der Waals surface area contributed by atoms with Crippen LogP contribution in [-0.4, -0.2) is 197 Å². The molecule has 6 N–H and O–H groups in total. The van der Waals surface area contributed by atoms with Crippen molar-refractivity contribution < 1.29 is 63.2 Å². The number of aryl methyl sites for hydroxylation is 1. The quantitative estimate of drug-likeness (QED) is 0.0420. The summed E-state index contributed by atoms with van der Waals surface area (Å²) in [4.78, 5) is 133. The molecule has 0 spiro atoms. The average molecular weight is 1480 g/mol. The molecule has 0 radical (unpaired) electrons. The van der Waals surface area contributed by atoms with E-state index in [-0.39, 0.29) is 104 Å². The molecule has 24 heteroatoms. The first kappa shape index (κ1) is 78.9. The average Bonchev–Trinajstić information content (AvgIpc) is 1.84. The third-order valence-electron chi connectivity index (χ3n) is 21.7. The molecule has 6 aliphatic heterocycles.